The van der Waals surface area contributed by atoms with Crippen molar-refractivity contribution in [3.8, 4) is 0 Å². The highest BCUT2D eigenvalue weighted by molar-refractivity contribution is 6.59. The van der Waals surface area contributed by atoms with Crippen LogP contribution in [0, 0.1) is 69.5 Å². The maximum absolute atomic E-state index is 2.61. The maximum atomic E-state index is 2.61. The molecule has 9 fully saturated rings. The fourth-order valence-corrected chi connectivity index (χ4v) is 11.3. The summed E-state index contributed by atoms with van der Waals surface area (Å²) < 4.78 is 0. The van der Waals surface area contributed by atoms with Crippen LogP contribution in [0.15, 0.2) is 0 Å². The van der Waals surface area contributed by atoms with E-state index in [0.717, 1.165) is 60.0 Å². The van der Waals surface area contributed by atoms with E-state index in [1.165, 1.54) is 0 Å². The molecule has 0 aromatic heterocycles. The number of hydrogen-bond acceptors (Lipinski definition) is 0. The molecule has 1 heteroatoms. The van der Waals surface area contributed by atoms with E-state index in [9.17, 15) is 0 Å². The average Bonchev–Trinajstić information content (AvgIpc) is 2.73. The lowest BCUT2D eigenvalue weighted by Crippen LogP contribution is -2.55. The first kappa shape index (κ1) is 21.6. The fourth-order valence-electron chi connectivity index (χ4n) is 11.3. The van der Waals surface area contributed by atoms with Crippen molar-refractivity contribution in [2.75, 3.05) is 0 Å². The molecule has 9 rings (SSSR count). The highest BCUT2D eigenvalue weighted by Crippen LogP contribution is 2.66. The standard InChI is InChI=1S/C30H51B/c1-28(2)22-10-7-19(25(28)13-22)16-31(17-20-8-11-23-14-26(20)29(23,3)4)18-21-9-12-24-15-27(21)30(24,5)6/h19-27H,7-18H2,1-6H3/t19-,20-,21-,22?,23?,24?,25?,26?,27?/m1/s1. The van der Waals surface area contributed by atoms with E-state index < -0.39 is 0 Å². The highest BCUT2D eigenvalue weighted by atomic mass is 14.6. The first-order valence-corrected chi connectivity index (χ1v) is 14.6. The van der Waals surface area contributed by atoms with Gasteiger partial charge in [-0.05, 0) is 108 Å². The monoisotopic (exact) mass is 422 g/mol. The number of rotatable bonds is 6. The van der Waals surface area contributed by atoms with Crippen LogP contribution in [0.4, 0.5) is 0 Å². The summed E-state index contributed by atoms with van der Waals surface area (Å²) >= 11 is 0. The van der Waals surface area contributed by atoms with Crippen molar-refractivity contribution in [3.63, 3.8) is 0 Å². The molecule has 0 saturated heterocycles. The van der Waals surface area contributed by atoms with Gasteiger partial charge in [-0.2, -0.15) is 0 Å². The Kier molecular flexibility index (Phi) is 4.90. The molecule has 0 N–H and O–H groups in total. The van der Waals surface area contributed by atoms with Gasteiger partial charge in [-0.15, -0.1) is 0 Å². The van der Waals surface area contributed by atoms with Crippen molar-refractivity contribution in [2.24, 2.45) is 69.5 Å². The third-order valence-electron chi connectivity index (χ3n) is 13.9. The van der Waals surface area contributed by atoms with Crippen LogP contribution in [-0.4, -0.2) is 6.71 Å². The van der Waals surface area contributed by atoms with E-state index in [2.05, 4.69) is 41.5 Å². The third-order valence-corrected chi connectivity index (χ3v) is 13.9. The van der Waals surface area contributed by atoms with Gasteiger partial charge in [-0.3, -0.25) is 0 Å². The fraction of sp³-hybridized carbons (Fsp3) is 1.00. The molecule has 31 heavy (non-hydrogen) atoms. The van der Waals surface area contributed by atoms with Gasteiger partial charge in [0.1, 0.15) is 6.71 Å². The molecular formula is C30H51B. The number of hydrogen-bond donors (Lipinski definition) is 0. The van der Waals surface area contributed by atoms with Gasteiger partial charge in [-0.1, -0.05) is 79.8 Å². The zero-order chi connectivity index (χ0) is 21.8. The summed E-state index contributed by atoms with van der Waals surface area (Å²) in [5.41, 5.74) is 1.99. The van der Waals surface area contributed by atoms with Crippen LogP contribution in [0.3, 0.4) is 0 Å². The Labute approximate surface area is 194 Å². The summed E-state index contributed by atoms with van der Waals surface area (Å²) in [7, 11) is 0. The quantitative estimate of drug-likeness (QED) is 0.376. The molecule has 0 aromatic carbocycles. The summed E-state index contributed by atoms with van der Waals surface area (Å²) in [4.78, 5) is 0. The second kappa shape index (κ2) is 7.04. The molecule has 9 saturated carbocycles. The van der Waals surface area contributed by atoms with Gasteiger partial charge in [0.25, 0.3) is 0 Å². The van der Waals surface area contributed by atoms with Crippen LogP contribution < -0.4 is 0 Å². The SMILES string of the molecule is CC1(C)C2CC[C@H](CB(C[C@H]3CCC4CC3C4(C)C)C[C@H]3CCC4CC3C4(C)C)C1C2. The number of fused-ring (bicyclic) bond motifs is 6. The summed E-state index contributed by atoms with van der Waals surface area (Å²) in [6.07, 6.45) is 18.9. The minimum absolute atomic E-state index is 0.662. The molecule has 6 unspecified atom stereocenters. The van der Waals surface area contributed by atoms with E-state index in [-0.39, 0.29) is 0 Å². The molecule has 0 amide bonds. The summed E-state index contributed by atoms with van der Waals surface area (Å²) in [6.45, 7) is 16.7. The summed E-state index contributed by atoms with van der Waals surface area (Å²) in [5.74, 6) is 9.52. The Morgan fingerprint density at radius 2 is 0.774 bits per heavy atom. The molecule has 0 aliphatic heterocycles. The zero-order valence-corrected chi connectivity index (χ0v) is 21.8. The Bertz CT molecular complexity index is 602. The van der Waals surface area contributed by atoms with Gasteiger partial charge >= 0.3 is 0 Å². The van der Waals surface area contributed by atoms with E-state index in [4.69, 9.17) is 0 Å². The molecular weight excluding hydrogens is 371 g/mol. The van der Waals surface area contributed by atoms with Crippen molar-refractivity contribution in [3.05, 3.63) is 0 Å². The second-order valence-electron chi connectivity index (χ2n) is 15.7. The largest absolute Gasteiger partial charge is 0.140 e. The van der Waals surface area contributed by atoms with Crippen LogP contribution in [0.25, 0.3) is 0 Å². The zero-order valence-electron chi connectivity index (χ0n) is 21.8. The molecule has 9 aliphatic carbocycles. The summed E-state index contributed by atoms with van der Waals surface area (Å²) in [5, 5.41) is 0. The van der Waals surface area contributed by atoms with Gasteiger partial charge in [0, 0.05) is 0 Å². The van der Waals surface area contributed by atoms with Crippen molar-refractivity contribution >= 4 is 6.71 Å². The van der Waals surface area contributed by atoms with E-state index >= 15 is 0 Å². The van der Waals surface area contributed by atoms with Crippen LogP contribution in [-0.2, 0) is 0 Å². The van der Waals surface area contributed by atoms with Crippen molar-refractivity contribution in [1.29, 1.82) is 0 Å². The Morgan fingerprint density at radius 1 is 0.484 bits per heavy atom. The van der Waals surface area contributed by atoms with Crippen molar-refractivity contribution in [2.45, 2.75) is 118 Å². The lowest BCUT2D eigenvalue weighted by Gasteiger charge is -2.62. The molecule has 9 atom stereocenters. The molecule has 0 heterocycles. The Balaban J connectivity index is 1.18. The molecule has 174 valence electrons. The second-order valence-corrected chi connectivity index (χ2v) is 15.7. The minimum Gasteiger partial charge on any atom is -0.0710 e. The first-order chi connectivity index (χ1) is 14.6. The van der Waals surface area contributed by atoms with Gasteiger partial charge in [0.05, 0.1) is 0 Å². The van der Waals surface area contributed by atoms with Gasteiger partial charge in [0.15, 0.2) is 0 Å². The predicted octanol–water partition coefficient (Wildman–Crippen LogP) is 8.70. The first-order valence-electron chi connectivity index (χ1n) is 14.6. The van der Waals surface area contributed by atoms with E-state index in [0.29, 0.717) is 16.2 Å². The topological polar surface area (TPSA) is 0 Å². The molecule has 0 nitrogen and oxygen atoms in total. The van der Waals surface area contributed by atoms with Crippen molar-refractivity contribution < 1.29 is 0 Å². The van der Waals surface area contributed by atoms with Crippen molar-refractivity contribution in [1.82, 2.24) is 0 Å². The van der Waals surface area contributed by atoms with Crippen LogP contribution in [0.5, 0.6) is 0 Å². The van der Waals surface area contributed by atoms with Gasteiger partial charge < -0.3 is 0 Å². The lowest BCUT2D eigenvalue weighted by molar-refractivity contribution is -0.104. The molecule has 6 bridgehead atoms. The smallest absolute Gasteiger partial charge is 0.0710 e. The van der Waals surface area contributed by atoms with Gasteiger partial charge in [-0.25, -0.2) is 0 Å². The Morgan fingerprint density at radius 3 is 1.00 bits per heavy atom. The average molecular weight is 423 g/mol. The molecule has 0 spiro atoms. The van der Waals surface area contributed by atoms with E-state index in [1.807, 2.05) is 0 Å². The predicted molar refractivity (Wildman–Crippen MR) is 134 cm³/mol. The minimum atomic E-state index is 0.662. The lowest BCUT2D eigenvalue weighted by atomic mass is 9.30. The van der Waals surface area contributed by atoms with Gasteiger partial charge in [0.2, 0.25) is 0 Å². The van der Waals surface area contributed by atoms with Crippen LogP contribution in [0.2, 0.25) is 19.0 Å². The normalized spacial score (nSPS) is 49.9. The Hall–Kier alpha value is 0.0649. The van der Waals surface area contributed by atoms with E-state index in [1.54, 1.807) is 76.7 Å². The molecule has 0 radical (unpaired) electrons. The molecule has 0 aromatic rings. The van der Waals surface area contributed by atoms with Crippen LogP contribution >= 0.6 is 0 Å². The summed E-state index contributed by atoms with van der Waals surface area (Å²) in [6, 6.07) is 0. The van der Waals surface area contributed by atoms with Crippen LogP contribution in [0.1, 0.15) is 99.3 Å². The molecule has 9 aliphatic rings. The highest BCUT2D eigenvalue weighted by Gasteiger charge is 2.58. The third kappa shape index (κ3) is 3.12. The maximum Gasteiger partial charge on any atom is 0.140 e.